The first-order valence-electron chi connectivity index (χ1n) is 6.34. The molecule has 0 spiro atoms. The van der Waals surface area contributed by atoms with E-state index in [4.69, 9.17) is 6.42 Å². The summed E-state index contributed by atoms with van der Waals surface area (Å²) in [6, 6.07) is 9.00. The van der Waals surface area contributed by atoms with Crippen molar-refractivity contribution < 1.29 is 0 Å². The van der Waals surface area contributed by atoms with Gasteiger partial charge in [-0.2, -0.15) is 0 Å². The fourth-order valence-electron chi connectivity index (χ4n) is 2.12. The molecule has 0 amide bonds. The fourth-order valence-corrected chi connectivity index (χ4v) is 2.12. The molecule has 1 atom stereocenters. The summed E-state index contributed by atoms with van der Waals surface area (Å²) in [5.41, 5.74) is 2.84. The van der Waals surface area contributed by atoms with E-state index in [1.165, 1.54) is 36.8 Å². The molecular formula is C16H22. The fraction of sp³-hybridized carbons (Fsp3) is 0.500. The van der Waals surface area contributed by atoms with Crippen LogP contribution in [0, 0.1) is 12.3 Å². The molecule has 0 bridgehead atoms. The maximum atomic E-state index is 5.42. The smallest absolute Gasteiger partial charge is 0.0155 e. The lowest BCUT2D eigenvalue weighted by atomic mass is 9.91. The van der Waals surface area contributed by atoms with Crippen LogP contribution in [-0.2, 0) is 6.42 Å². The molecule has 16 heavy (non-hydrogen) atoms. The van der Waals surface area contributed by atoms with Gasteiger partial charge in [0.05, 0.1) is 0 Å². The Balaban J connectivity index is 2.73. The summed E-state index contributed by atoms with van der Waals surface area (Å²) >= 11 is 0. The van der Waals surface area contributed by atoms with Gasteiger partial charge < -0.3 is 0 Å². The Labute approximate surface area is 100 Å². The third-order valence-corrected chi connectivity index (χ3v) is 2.99. The van der Waals surface area contributed by atoms with Crippen molar-refractivity contribution in [1.82, 2.24) is 0 Å². The van der Waals surface area contributed by atoms with Gasteiger partial charge in [0, 0.05) is 6.42 Å². The zero-order valence-electron chi connectivity index (χ0n) is 10.5. The van der Waals surface area contributed by atoms with Gasteiger partial charge in [-0.1, -0.05) is 51.0 Å². The topological polar surface area (TPSA) is 0 Å². The van der Waals surface area contributed by atoms with Crippen LogP contribution in [0.1, 0.15) is 56.6 Å². The molecule has 0 saturated carbocycles. The highest BCUT2D eigenvalue weighted by Crippen LogP contribution is 2.24. The van der Waals surface area contributed by atoms with Crippen molar-refractivity contribution in [2.75, 3.05) is 0 Å². The Hall–Kier alpha value is -1.22. The third-order valence-electron chi connectivity index (χ3n) is 2.99. The molecule has 0 aliphatic carbocycles. The second-order valence-corrected chi connectivity index (χ2v) is 4.39. The molecule has 0 radical (unpaired) electrons. The average molecular weight is 214 g/mol. The quantitative estimate of drug-likeness (QED) is 0.610. The summed E-state index contributed by atoms with van der Waals surface area (Å²) in [4.78, 5) is 0. The van der Waals surface area contributed by atoms with Crippen molar-refractivity contribution in [3.05, 3.63) is 35.4 Å². The highest BCUT2D eigenvalue weighted by molar-refractivity contribution is 5.26. The number of benzene rings is 1. The van der Waals surface area contributed by atoms with Gasteiger partial charge in [-0.25, -0.2) is 0 Å². The second-order valence-electron chi connectivity index (χ2n) is 4.39. The zero-order valence-corrected chi connectivity index (χ0v) is 10.5. The van der Waals surface area contributed by atoms with Crippen molar-refractivity contribution in [2.24, 2.45) is 0 Å². The SMILES string of the molecule is C#CCC(CCC)c1ccc(CCC)cc1. The predicted octanol–water partition coefficient (Wildman–Crippen LogP) is 4.55. The Bertz CT molecular complexity index is 326. The van der Waals surface area contributed by atoms with E-state index >= 15 is 0 Å². The van der Waals surface area contributed by atoms with E-state index in [-0.39, 0.29) is 0 Å². The molecule has 1 unspecified atom stereocenters. The van der Waals surface area contributed by atoms with E-state index < -0.39 is 0 Å². The van der Waals surface area contributed by atoms with Crippen molar-refractivity contribution >= 4 is 0 Å². The van der Waals surface area contributed by atoms with Crippen LogP contribution in [0.3, 0.4) is 0 Å². The van der Waals surface area contributed by atoms with E-state index in [1.54, 1.807) is 0 Å². The maximum Gasteiger partial charge on any atom is 0.0155 e. The van der Waals surface area contributed by atoms with Crippen LogP contribution in [-0.4, -0.2) is 0 Å². The van der Waals surface area contributed by atoms with Gasteiger partial charge >= 0.3 is 0 Å². The molecule has 0 nitrogen and oxygen atoms in total. The third kappa shape index (κ3) is 3.74. The minimum atomic E-state index is 0.547. The zero-order chi connectivity index (χ0) is 11.8. The summed E-state index contributed by atoms with van der Waals surface area (Å²) in [7, 11) is 0. The van der Waals surface area contributed by atoms with Crippen molar-refractivity contribution in [2.45, 2.75) is 51.9 Å². The normalized spacial score (nSPS) is 12.1. The molecule has 0 N–H and O–H groups in total. The highest BCUT2D eigenvalue weighted by atomic mass is 14.1. The molecule has 0 saturated heterocycles. The lowest BCUT2D eigenvalue weighted by molar-refractivity contribution is 0.628. The Morgan fingerprint density at radius 2 is 1.81 bits per heavy atom. The molecule has 0 aliphatic rings. The van der Waals surface area contributed by atoms with Gasteiger partial charge in [0.2, 0.25) is 0 Å². The summed E-state index contributed by atoms with van der Waals surface area (Å²) in [5.74, 6) is 3.34. The minimum absolute atomic E-state index is 0.547. The summed E-state index contributed by atoms with van der Waals surface area (Å²) < 4.78 is 0. The molecule has 0 aromatic heterocycles. The van der Waals surface area contributed by atoms with Crippen LogP contribution in [0.5, 0.6) is 0 Å². The van der Waals surface area contributed by atoms with Crippen LogP contribution in [0.2, 0.25) is 0 Å². The molecule has 0 heteroatoms. The first kappa shape index (κ1) is 12.8. The Morgan fingerprint density at radius 1 is 1.12 bits per heavy atom. The predicted molar refractivity (Wildman–Crippen MR) is 71.5 cm³/mol. The number of hydrogen-bond donors (Lipinski definition) is 0. The summed E-state index contributed by atoms with van der Waals surface area (Å²) in [6.07, 6.45) is 11.1. The largest absolute Gasteiger partial charge is 0.120 e. The van der Waals surface area contributed by atoms with Crippen molar-refractivity contribution in [3.8, 4) is 12.3 Å². The van der Waals surface area contributed by atoms with Gasteiger partial charge in [-0.15, -0.1) is 12.3 Å². The minimum Gasteiger partial charge on any atom is -0.120 e. The first-order valence-corrected chi connectivity index (χ1v) is 6.34. The van der Waals surface area contributed by atoms with Crippen LogP contribution in [0.4, 0.5) is 0 Å². The van der Waals surface area contributed by atoms with E-state index in [0.717, 1.165) is 6.42 Å². The number of rotatable bonds is 6. The number of aryl methyl sites for hydroxylation is 1. The lowest BCUT2D eigenvalue weighted by Crippen LogP contribution is -1.98. The highest BCUT2D eigenvalue weighted by Gasteiger charge is 2.08. The monoisotopic (exact) mass is 214 g/mol. The average Bonchev–Trinajstić information content (AvgIpc) is 2.30. The molecule has 1 aromatic carbocycles. The maximum absolute atomic E-state index is 5.42. The van der Waals surface area contributed by atoms with E-state index in [2.05, 4.69) is 44.0 Å². The van der Waals surface area contributed by atoms with Gasteiger partial charge in [0.25, 0.3) is 0 Å². The first-order chi connectivity index (χ1) is 7.81. The Kier molecular flexibility index (Phi) is 5.72. The lowest BCUT2D eigenvalue weighted by Gasteiger charge is -2.14. The molecule has 0 aliphatic heterocycles. The molecular weight excluding hydrogens is 192 g/mol. The van der Waals surface area contributed by atoms with E-state index in [0.29, 0.717) is 5.92 Å². The molecule has 0 fully saturated rings. The molecule has 86 valence electrons. The van der Waals surface area contributed by atoms with Crippen molar-refractivity contribution in [3.63, 3.8) is 0 Å². The van der Waals surface area contributed by atoms with Crippen LogP contribution in [0.25, 0.3) is 0 Å². The standard InChI is InChI=1S/C16H22/c1-4-7-14-10-12-16(13-11-14)15(8-5-2)9-6-3/h2,10-13,15H,4,6-9H2,1,3H3. The van der Waals surface area contributed by atoms with Gasteiger partial charge in [-0.05, 0) is 29.9 Å². The molecule has 0 heterocycles. The van der Waals surface area contributed by atoms with E-state index in [1.807, 2.05) is 0 Å². The van der Waals surface area contributed by atoms with Gasteiger partial charge in [0.15, 0.2) is 0 Å². The van der Waals surface area contributed by atoms with Crippen LogP contribution >= 0.6 is 0 Å². The van der Waals surface area contributed by atoms with Gasteiger partial charge in [-0.3, -0.25) is 0 Å². The second kappa shape index (κ2) is 7.12. The molecule has 1 aromatic rings. The number of hydrogen-bond acceptors (Lipinski definition) is 0. The van der Waals surface area contributed by atoms with Crippen LogP contribution in [0.15, 0.2) is 24.3 Å². The number of terminal acetylenes is 1. The summed E-state index contributed by atoms with van der Waals surface area (Å²) in [5, 5.41) is 0. The van der Waals surface area contributed by atoms with Crippen LogP contribution < -0.4 is 0 Å². The Morgan fingerprint density at radius 3 is 2.31 bits per heavy atom. The van der Waals surface area contributed by atoms with Crippen molar-refractivity contribution in [1.29, 1.82) is 0 Å². The van der Waals surface area contributed by atoms with E-state index in [9.17, 15) is 0 Å². The summed E-state index contributed by atoms with van der Waals surface area (Å²) in [6.45, 7) is 4.43. The van der Waals surface area contributed by atoms with Gasteiger partial charge in [0.1, 0.15) is 0 Å². The molecule has 1 rings (SSSR count).